The van der Waals surface area contributed by atoms with E-state index in [4.69, 9.17) is 23.9 Å². The zero-order valence-corrected chi connectivity index (χ0v) is 16.5. The zero-order valence-electron chi connectivity index (χ0n) is 15.7. The van der Waals surface area contributed by atoms with Crippen LogP contribution in [0.25, 0.3) is 10.5 Å². The van der Waals surface area contributed by atoms with Gasteiger partial charge in [0.2, 0.25) is 0 Å². The van der Waals surface area contributed by atoms with Crippen molar-refractivity contribution in [1.29, 1.82) is 0 Å². The van der Waals surface area contributed by atoms with Crippen molar-refractivity contribution < 1.29 is 5.11 Å². The van der Waals surface area contributed by atoms with E-state index in [1.54, 1.807) is 6.92 Å². The topological polar surface area (TPSA) is 111 Å². The van der Waals surface area contributed by atoms with Crippen molar-refractivity contribution in [2.75, 3.05) is 24.2 Å². The number of halogens is 1. The van der Waals surface area contributed by atoms with Crippen LogP contribution in [0.3, 0.4) is 0 Å². The van der Waals surface area contributed by atoms with Gasteiger partial charge >= 0.3 is 0 Å². The van der Waals surface area contributed by atoms with Crippen LogP contribution in [0, 0.1) is 20.4 Å². The summed E-state index contributed by atoms with van der Waals surface area (Å²) < 4.78 is 3.33. The molecule has 1 fully saturated rings. The van der Waals surface area contributed by atoms with Crippen LogP contribution in [0.4, 0.5) is 17.3 Å². The fourth-order valence-corrected chi connectivity index (χ4v) is 3.57. The second kappa shape index (κ2) is 6.65. The number of nitrogen functional groups attached to an aromatic ring is 1. The van der Waals surface area contributed by atoms with Gasteiger partial charge < -0.3 is 16.2 Å². The molecule has 3 aromatic heterocycles. The monoisotopic (exact) mass is 400 g/mol. The first-order valence-corrected chi connectivity index (χ1v) is 9.40. The molecule has 10 heteroatoms. The molecule has 0 radical (unpaired) electrons. The Kier molecular flexibility index (Phi) is 4.40. The maximum atomic E-state index is 9.62. The van der Waals surface area contributed by atoms with Crippen molar-refractivity contribution in [2.45, 2.75) is 38.6 Å². The summed E-state index contributed by atoms with van der Waals surface area (Å²) in [6.45, 7) is 11.8. The Labute approximate surface area is 166 Å². The minimum atomic E-state index is -0.218. The van der Waals surface area contributed by atoms with Crippen molar-refractivity contribution in [2.24, 2.45) is 0 Å². The molecule has 0 atom stereocenters. The molecular formula is C18H21ClN8O. The summed E-state index contributed by atoms with van der Waals surface area (Å²) in [5.74, 6) is 0.586. The zero-order chi connectivity index (χ0) is 20.1. The van der Waals surface area contributed by atoms with Crippen LogP contribution in [0.1, 0.15) is 29.9 Å². The molecule has 1 saturated carbocycles. The third-order valence-corrected chi connectivity index (χ3v) is 5.61. The van der Waals surface area contributed by atoms with Crippen molar-refractivity contribution in [3.63, 3.8) is 0 Å². The van der Waals surface area contributed by atoms with Gasteiger partial charge in [0.25, 0.3) is 5.69 Å². The molecule has 0 aliphatic heterocycles. The van der Waals surface area contributed by atoms with Crippen molar-refractivity contribution in [3.05, 3.63) is 39.6 Å². The first-order valence-electron chi connectivity index (χ1n) is 9.03. The lowest BCUT2D eigenvalue weighted by molar-refractivity contribution is 0.200. The number of fused-ring (bicyclic) bond motifs is 1. The molecule has 0 amide bonds. The molecule has 146 valence electrons. The number of hydrogen-bond donors (Lipinski definition) is 3. The van der Waals surface area contributed by atoms with Gasteiger partial charge in [0.05, 0.1) is 30.1 Å². The molecule has 28 heavy (non-hydrogen) atoms. The van der Waals surface area contributed by atoms with Gasteiger partial charge in [-0.05, 0) is 32.8 Å². The molecule has 3 aromatic rings. The predicted octanol–water partition coefficient (Wildman–Crippen LogP) is 2.47. The molecule has 4 rings (SSSR count). The van der Waals surface area contributed by atoms with Crippen LogP contribution in [-0.4, -0.2) is 42.6 Å². The second-order valence-corrected chi connectivity index (χ2v) is 7.57. The lowest BCUT2D eigenvalue weighted by Crippen LogP contribution is -2.24. The Balaban J connectivity index is 1.54. The van der Waals surface area contributed by atoms with Gasteiger partial charge in [-0.2, -0.15) is 10.2 Å². The molecule has 0 unspecified atom stereocenters. The lowest BCUT2D eigenvalue weighted by atomic mass is 10.2. The van der Waals surface area contributed by atoms with Crippen LogP contribution in [0.2, 0.25) is 5.02 Å². The fraction of sp³-hybridized carbons (Fsp3) is 0.444. The average Bonchev–Trinajstić information content (AvgIpc) is 3.31. The quantitative estimate of drug-likeness (QED) is 0.548. The first-order chi connectivity index (χ1) is 13.4. The summed E-state index contributed by atoms with van der Waals surface area (Å²) in [5, 5.41) is 22.1. The van der Waals surface area contributed by atoms with E-state index in [0.717, 1.165) is 24.2 Å². The average molecular weight is 401 g/mol. The summed E-state index contributed by atoms with van der Waals surface area (Å²) in [4.78, 5) is 7.95. The Morgan fingerprint density at radius 2 is 2.14 bits per heavy atom. The van der Waals surface area contributed by atoms with Gasteiger partial charge in [-0.15, -0.1) is 0 Å². The molecular weight excluding hydrogens is 380 g/mol. The summed E-state index contributed by atoms with van der Waals surface area (Å²) in [5.41, 5.74) is 9.07. The molecule has 1 aliphatic rings. The van der Waals surface area contributed by atoms with Gasteiger partial charge in [0.1, 0.15) is 16.7 Å². The molecule has 3 heterocycles. The molecule has 9 nitrogen and oxygen atoms in total. The summed E-state index contributed by atoms with van der Waals surface area (Å²) in [6, 6.07) is 2.02. The smallest absolute Gasteiger partial charge is 0.268 e. The number of hydrogen-bond acceptors (Lipinski definition) is 6. The van der Waals surface area contributed by atoms with Crippen LogP contribution in [0.5, 0.6) is 0 Å². The molecule has 0 saturated heterocycles. The third-order valence-electron chi connectivity index (χ3n) is 5.17. The van der Waals surface area contributed by atoms with Gasteiger partial charge in [-0.25, -0.2) is 14.3 Å². The van der Waals surface area contributed by atoms with E-state index in [-0.39, 0.29) is 23.7 Å². The number of aliphatic hydroxyl groups is 1. The van der Waals surface area contributed by atoms with Crippen LogP contribution in [0.15, 0.2) is 6.07 Å². The van der Waals surface area contributed by atoms with E-state index in [0.29, 0.717) is 35.1 Å². The van der Waals surface area contributed by atoms with Crippen molar-refractivity contribution in [1.82, 2.24) is 24.4 Å². The first kappa shape index (κ1) is 18.5. The van der Waals surface area contributed by atoms with Crippen molar-refractivity contribution >= 4 is 34.6 Å². The molecule has 1 aliphatic carbocycles. The predicted molar refractivity (Wildman–Crippen MR) is 107 cm³/mol. The number of nitrogens with zero attached hydrogens (tertiary/aromatic N) is 6. The summed E-state index contributed by atoms with van der Waals surface area (Å²) >= 11 is 6.25. The number of rotatable bonds is 6. The lowest BCUT2D eigenvalue weighted by Gasteiger charge is -2.14. The van der Waals surface area contributed by atoms with E-state index in [9.17, 15) is 5.11 Å². The summed E-state index contributed by atoms with van der Waals surface area (Å²) in [7, 11) is 0. The number of anilines is 2. The molecule has 0 aromatic carbocycles. The molecule has 0 spiro atoms. The normalized spacial score (nSPS) is 15.0. The maximum absolute atomic E-state index is 9.62. The van der Waals surface area contributed by atoms with Gasteiger partial charge in [0.15, 0.2) is 5.65 Å². The van der Waals surface area contributed by atoms with Gasteiger partial charge in [0, 0.05) is 18.7 Å². The van der Waals surface area contributed by atoms with Crippen molar-refractivity contribution in [3.8, 4) is 0 Å². The second-order valence-electron chi connectivity index (χ2n) is 7.19. The largest absolute Gasteiger partial charge is 0.394 e. The Bertz CT molecular complexity index is 1110. The highest BCUT2D eigenvalue weighted by atomic mass is 35.5. The van der Waals surface area contributed by atoms with Crippen LogP contribution >= 0.6 is 11.6 Å². The Morgan fingerprint density at radius 3 is 2.79 bits per heavy atom. The van der Waals surface area contributed by atoms with E-state index in [2.05, 4.69) is 25.3 Å². The number of aryl methyl sites for hydroxylation is 2. The number of aliphatic hydroxyl groups excluding tert-OH is 1. The standard InChI is InChI=1S/C18H21ClN8O/c1-10-8-12(25-27(10)18(9-28)5-6-18)4-7-22-16-14(21-3)15(20)26-17(23-16)13(19)11(2)24-26/h8,28H,4-7,9,20H2,1-2H3,(H,22,23). The van der Waals surface area contributed by atoms with E-state index in [1.165, 1.54) is 4.52 Å². The number of nitrogens with two attached hydrogens (primary N) is 1. The van der Waals surface area contributed by atoms with E-state index in [1.807, 2.05) is 17.7 Å². The highest BCUT2D eigenvalue weighted by Crippen LogP contribution is 2.43. The van der Waals surface area contributed by atoms with Crippen LogP contribution < -0.4 is 11.1 Å². The number of nitrogens with one attached hydrogen (secondary N) is 1. The highest BCUT2D eigenvalue weighted by molar-refractivity contribution is 6.34. The Morgan fingerprint density at radius 1 is 1.39 bits per heavy atom. The minimum absolute atomic E-state index is 0.107. The van der Waals surface area contributed by atoms with Gasteiger partial charge in [-0.3, -0.25) is 4.68 Å². The summed E-state index contributed by atoms with van der Waals surface area (Å²) in [6.07, 6.45) is 2.55. The molecule has 0 bridgehead atoms. The van der Waals surface area contributed by atoms with Gasteiger partial charge in [-0.1, -0.05) is 11.6 Å². The van der Waals surface area contributed by atoms with E-state index < -0.39 is 0 Å². The fourth-order valence-electron chi connectivity index (χ4n) is 3.41. The van der Waals surface area contributed by atoms with Crippen LogP contribution in [-0.2, 0) is 12.0 Å². The van der Waals surface area contributed by atoms with E-state index >= 15 is 0 Å². The minimum Gasteiger partial charge on any atom is -0.394 e. The number of aromatic nitrogens is 5. The highest BCUT2D eigenvalue weighted by Gasteiger charge is 2.45. The molecule has 4 N–H and O–H groups in total. The maximum Gasteiger partial charge on any atom is 0.268 e. The third kappa shape index (κ3) is 2.85. The SMILES string of the molecule is [C-]#[N+]c1c(NCCc2cc(C)n(C3(CO)CC3)n2)nc2c(Cl)c(C)nn2c1N. The Hall–Kier alpha value is -2.83.